The van der Waals surface area contributed by atoms with E-state index in [1.807, 2.05) is 24.3 Å². The lowest BCUT2D eigenvalue weighted by Gasteiger charge is -2.14. The number of nitrogens with two attached hydrogens (primary N) is 1. The van der Waals surface area contributed by atoms with Gasteiger partial charge in [-0.05, 0) is 17.7 Å². The van der Waals surface area contributed by atoms with Gasteiger partial charge < -0.3 is 30.7 Å². The molecule has 0 unspecified atom stereocenters. The van der Waals surface area contributed by atoms with Crippen molar-refractivity contribution in [1.82, 2.24) is 5.32 Å². The maximum atomic E-state index is 11.9. The molecule has 7 heteroatoms. The number of aliphatic hydroxyl groups is 2. The van der Waals surface area contributed by atoms with Crippen LogP contribution in [0.4, 0.5) is 0 Å². The van der Waals surface area contributed by atoms with Crippen molar-refractivity contribution in [2.24, 2.45) is 5.73 Å². The number of benzene rings is 1. The molecule has 0 spiro atoms. The van der Waals surface area contributed by atoms with Crippen LogP contribution in [0.5, 0.6) is 5.75 Å². The Labute approximate surface area is 129 Å². The molecule has 7 nitrogen and oxygen atoms in total. The molecule has 1 heterocycles. The van der Waals surface area contributed by atoms with Crippen LogP contribution in [0.3, 0.4) is 0 Å². The van der Waals surface area contributed by atoms with Crippen molar-refractivity contribution in [3.63, 3.8) is 0 Å². The molecule has 1 aliphatic rings. The SMILES string of the molecule is COc1ccc(CNC(=O)C[C@H]2O[C@H](CN)[C@@H](O)[C@H]2O)cc1. The van der Waals surface area contributed by atoms with Crippen molar-refractivity contribution >= 4 is 5.91 Å². The van der Waals surface area contributed by atoms with Gasteiger partial charge in [0.1, 0.15) is 18.0 Å². The van der Waals surface area contributed by atoms with Crippen molar-refractivity contribution in [2.45, 2.75) is 37.4 Å². The van der Waals surface area contributed by atoms with Crippen LogP contribution in [0, 0.1) is 0 Å². The fourth-order valence-electron chi connectivity index (χ4n) is 2.39. The third-order valence-corrected chi connectivity index (χ3v) is 3.73. The molecule has 0 aromatic heterocycles. The molecule has 1 aromatic rings. The number of carbonyl (C=O) groups is 1. The molecule has 0 bridgehead atoms. The maximum absolute atomic E-state index is 11.9. The van der Waals surface area contributed by atoms with Gasteiger partial charge in [0.2, 0.25) is 5.91 Å². The Kier molecular flexibility index (Phi) is 5.73. The summed E-state index contributed by atoms with van der Waals surface area (Å²) < 4.78 is 10.4. The number of hydrogen-bond donors (Lipinski definition) is 4. The average molecular weight is 310 g/mol. The summed E-state index contributed by atoms with van der Waals surface area (Å²) in [6.07, 6.45) is -3.54. The lowest BCUT2D eigenvalue weighted by atomic mass is 10.1. The Bertz CT molecular complexity index is 493. The number of amides is 1. The summed E-state index contributed by atoms with van der Waals surface area (Å²) >= 11 is 0. The quantitative estimate of drug-likeness (QED) is 0.544. The minimum atomic E-state index is -1.10. The standard InChI is InChI=1S/C15H22N2O5/c1-21-10-4-2-9(3-5-10)8-17-13(18)6-11-14(19)15(20)12(7-16)22-11/h2-5,11-12,14-15,19-20H,6-8,16H2,1H3,(H,17,18)/t11-,12-,14+,15-/m1/s1. The molecule has 2 rings (SSSR count). The smallest absolute Gasteiger partial charge is 0.222 e. The molecule has 1 saturated heterocycles. The van der Waals surface area contributed by atoms with E-state index in [2.05, 4.69) is 5.32 Å². The van der Waals surface area contributed by atoms with Crippen LogP contribution in [0.1, 0.15) is 12.0 Å². The Hall–Kier alpha value is -1.67. The zero-order valence-electron chi connectivity index (χ0n) is 12.4. The van der Waals surface area contributed by atoms with Crippen LogP contribution in [-0.2, 0) is 16.1 Å². The Morgan fingerprint density at radius 3 is 2.45 bits per heavy atom. The number of rotatable bonds is 6. The topological polar surface area (TPSA) is 114 Å². The molecule has 1 amide bonds. The van der Waals surface area contributed by atoms with Crippen LogP contribution >= 0.6 is 0 Å². The Morgan fingerprint density at radius 1 is 1.27 bits per heavy atom. The Morgan fingerprint density at radius 2 is 1.91 bits per heavy atom. The third kappa shape index (κ3) is 3.95. The fraction of sp³-hybridized carbons (Fsp3) is 0.533. The molecular formula is C15H22N2O5. The highest BCUT2D eigenvalue weighted by Crippen LogP contribution is 2.23. The molecular weight excluding hydrogens is 288 g/mol. The molecule has 4 atom stereocenters. The Balaban J connectivity index is 1.80. The van der Waals surface area contributed by atoms with Gasteiger partial charge in [-0.25, -0.2) is 0 Å². The van der Waals surface area contributed by atoms with E-state index in [1.165, 1.54) is 0 Å². The van der Waals surface area contributed by atoms with Gasteiger partial charge in [0.05, 0.1) is 25.7 Å². The summed E-state index contributed by atoms with van der Waals surface area (Å²) in [7, 11) is 1.59. The summed E-state index contributed by atoms with van der Waals surface area (Å²) in [5.74, 6) is 0.490. The first-order chi connectivity index (χ1) is 10.5. The van der Waals surface area contributed by atoms with E-state index in [4.69, 9.17) is 15.2 Å². The van der Waals surface area contributed by atoms with Crippen molar-refractivity contribution in [3.8, 4) is 5.75 Å². The van der Waals surface area contributed by atoms with E-state index in [0.29, 0.717) is 6.54 Å². The second kappa shape index (κ2) is 7.55. The largest absolute Gasteiger partial charge is 0.497 e. The van der Waals surface area contributed by atoms with Crippen molar-refractivity contribution in [3.05, 3.63) is 29.8 Å². The summed E-state index contributed by atoms with van der Waals surface area (Å²) in [5, 5.41) is 22.3. The van der Waals surface area contributed by atoms with Gasteiger partial charge in [-0.1, -0.05) is 12.1 Å². The van der Waals surface area contributed by atoms with Gasteiger partial charge in [0.15, 0.2) is 0 Å². The molecule has 1 aromatic carbocycles. The minimum absolute atomic E-state index is 0.0229. The first-order valence-corrected chi connectivity index (χ1v) is 7.16. The van der Waals surface area contributed by atoms with E-state index in [-0.39, 0.29) is 18.9 Å². The average Bonchev–Trinajstić information content (AvgIpc) is 2.81. The van der Waals surface area contributed by atoms with E-state index in [1.54, 1.807) is 7.11 Å². The van der Waals surface area contributed by atoms with Gasteiger partial charge in [-0.3, -0.25) is 4.79 Å². The van der Waals surface area contributed by atoms with Crippen LogP contribution < -0.4 is 15.8 Å². The van der Waals surface area contributed by atoms with Crippen LogP contribution in [0.15, 0.2) is 24.3 Å². The number of ether oxygens (including phenoxy) is 2. The highest BCUT2D eigenvalue weighted by Gasteiger charge is 2.42. The zero-order chi connectivity index (χ0) is 16.1. The second-order valence-electron chi connectivity index (χ2n) is 5.26. The molecule has 0 radical (unpaired) electrons. The maximum Gasteiger partial charge on any atom is 0.222 e. The summed E-state index contributed by atoms with van der Waals surface area (Å²) in [4.78, 5) is 11.9. The number of methoxy groups -OCH3 is 1. The lowest BCUT2D eigenvalue weighted by Crippen LogP contribution is -2.37. The molecule has 1 fully saturated rings. The number of aliphatic hydroxyl groups excluding tert-OH is 2. The van der Waals surface area contributed by atoms with Crippen molar-refractivity contribution in [2.75, 3.05) is 13.7 Å². The molecule has 22 heavy (non-hydrogen) atoms. The summed E-state index contributed by atoms with van der Waals surface area (Å²) in [5.41, 5.74) is 6.36. The minimum Gasteiger partial charge on any atom is -0.497 e. The van der Waals surface area contributed by atoms with E-state index >= 15 is 0 Å². The van der Waals surface area contributed by atoms with Crippen molar-refractivity contribution < 1.29 is 24.5 Å². The van der Waals surface area contributed by atoms with E-state index in [0.717, 1.165) is 11.3 Å². The van der Waals surface area contributed by atoms with Gasteiger partial charge in [0.25, 0.3) is 0 Å². The normalized spacial score (nSPS) is 27.6. The predicted octanol–water partition coefficient (Wildman–Crippen LogP) is -0.851. The molecule has 1 aliphatic heterocycles. The number of nitrogens with one attached hydrogen (secondary N) is 1. The molecule has 5 N–H and O–H groups in total. The van der Waals surface area contributed by atoms with Gasteiger partial charge >= 0.3 is 0 Å². The second-order valence-corrected chi connectivity index (χ2v) is 5.26. The van der Waals surface area contributed by atoms with Gasteiger partial charge in [-0.2, -0.15) is 0 Å². The third-order valence-electron chi connectivity index (χ3n) is 3.73. The molecule has 122 valence electrons. The fourth-order valence-corrected chi connectivity index (χ4v) is 2.39. The van der Waals surface area contributed by atoms with Crippen LogP contribution in [-0.4, -0.2) is 54.2 Å². The van der Waals surface area contributed by atoms with Crippen molar-refractivity contribution in [1.29, 1.82) is 0 Å². The van der Waals surface area contributed by atoms with Crippen LogP contribution in [0.2, 0.25) is 0 Å². The van der Waals surface area contributed by atoms with E-state index in [9.17, 15) is 15.0 Å². The number of carbonyl (C=O) groups excluding carboxylic acids is 1. The zero-order valence-corrected chi connectivity index (χ0v) is 12.4. The van der Waals surface area contributed by atoms with E-state index < -0.39 is 24.4 Å². The highest BCUT2D eigenvalue weighted by molar-refractivity contribution is 5.76. The van der Waals surface area contributed by atoms with Gasteiger partial charge in [0, 0.05) is 13.1 Å². The predicted molar refractivity (Wildman–Crippen MR) is 79.2 cm³/mol. The summed E-state index contributed by atoms with van der Waals surface area (Å²) in [6.45, 7) is 0.469. The first kappa shape index (κ1) is 16.7. The monoisotopic (exact) mass is 310 g/mol. The van der Waals surface area contributed by atoms with Gasteiger partial charge in [-0.15, -0.1) is 0 Å². The van der Waals surface area contributed by atoms with Crippen LogP contribution in [0.25, 0.3) is 0 Å². The number of hydrogen-bond acceptors (Lipinski definition) is 6. The summed E-state index contributed by atoms with van der Waals surface area (Å²) in [6, 6.07) is 7.34. The highest BCUT2D eigenvalue weighted by atomic mass is 16.5. The first-order valence-electron chi connectivity index (χ1n) is 7.16. The molecule has 0 saturated carbocycles. The molecule has 0 aliphatic carbocycles. The lowest BCUT2D eigenvalue weighted by molar-refractivity contribution is -0.125.